The summed E-state index contributed by atoms with van der Waals surface area (Å²) in [4.78, 5) is 12.0. The van der Waals surface area contributed by atoms with Gasteiger partial charge in [0.2, 0.25) is 0 Å². The number of fused-ring (bicyclic) bond motifs is 2. The molecule has 2 saturated heterocycles. The van der Waals surface area contributed by atoms with Gasteiger partial charge in [-0.1, -0.05) is 6.08 Å². The third-order valence-electron chi connectivity index (χ3n) is 3.48. The van der Waals surface area contributed by atoms with Crippen molar-refractivity contribution in [3.05, 3.63) is 11.0 Å². The largest absolute Gasteiger partial charge is 0.372 e. The normalized spacial score (nSPS) is 41.1. The molecule has 3 unspecified atom stereocenters. The number of Topliss-reactive ketones (excluding diaryl/α,β-unsaturated/α-hetero) is 1. The zero-order valence-corrected chi connectivity index (χ0v) is 9.50. The SMILES string of the molecule is O=C1COCC2NC3CCS(=O)(=O)C3=CC12. The van der Waals surface area contributed by atoms with Gasteiger partial charge in [0.25, 0.3) is 0 Å². The van der Waals surface area contributed by atoms with E-state index in [1.807, 2.05) is 0 Å². The summed E-state index contributed by atoms with van der Waals surface area (Å²) in [7, 11) is -3.12. The highest BCUT2D eigenvalue weighted by molar-refractivity contribution is 7.95. The van der Waals surface area contributed by atoms with Gasteiger partial charge < -0.3 is 10.1 Å². The molecule has 0 radical (unpaired) electrons. The summed E-state index contributed by atoms with van der Waals surface area (Å²) in [6, 6.07) is -0.163. The van der Waals surface area contributed by atoms with Crippen molar-refractivity contribution in [3.63, 3.8) is 0 Å². The van der Waals surface area contributed by atoms with Crippen molar-refractivity contribution in [2.24, 2.45) is 5.92 Å². The van der Waals surface area contributed by atoms with E-state index in [4.69, 9.17) is 4.74 Å². The molecule has 3 aliphatic heterocycles. The quantitative estimate of drug-likeness (QED) is 0.606. The van der Waals surface area contributed by atoms with Crippen molar-refractivity contribution in [2.45, 2.75) is 18.5 Å². The monoisotopic (exact) mass is 243 g/mol. The maximum Gasteiger partial charge on any atom is 0.175 e. The second-order valence-corrected chi connectivity index (χ2v) is 6.62. The molecule has 0 aromatic heterocycles. The predicted octanol–water partition coefficient (Wildman–Crippen LogP) is -0.755. The van der Waals surface area contributed by atoms with Gasteiger partial charge in [-0.2, -0.15) is 0 Å². The summed E-state index contributed by atoms with van der Waals surface area (Å²) >= 11 is 0. The Kier molecular flexibility index (Phi) is 2.21. The fourth-order valence-electron chi connectivity index (χ4n) is 2.64. The van der Waals surface area contributed by atoms with Crippen LogP contribution in [0.2, 0.25) is 0 Å². The van der Waals surface area contributed by atoms with E-state index in [1.165, 1.54) is 0 Å². The minimum Gasteiger partial charge on any atom is -0.372 e. The lowest BCUT2D eigenvalue weighted by atomic mass is 9.88. The number of hydrogen-bond donors (Lipinski definition) is 1. The standard InChI is InChI=1S/C10H13NO4S/c12-9-5-15-4-8-6(9)3-10-7(11-8)1-2-16(10,13)14/h3,6-8,11H,1-2,4-5H2. The van der Waals surface area contributed by atoms with Gasteiger partial charge in [0.15, 0.2) is 15.6 Å². The molecular weight excluding hydrogens is 230 g/mol. The maximum absolute atomic E-state index is 11.7. The van der Waals surface area contributed by atoms with Crippen molar-refractivity contribution in [2.75, 3.05) is 19.0 Å². The van der Waals surface area contributed by atoms with Gasteiger partial charge in [0, 0.05) is 12.1 Å². The van der Waals surface area contributed by atoms with Crippen LogP contribution in [0.15, 0.2) is 11.0 Å². The van der Waals surface area contributed by atoms with Gasteiger partial charge in [-0.15, -0.1) is 0 Å². The van der Waals surface area contributed by atoms with E-state index in [9.17, 15) is 13.2 Å². The van der Waals surface area contributed by atoms with E-state index < -0.39 is 9.84 Å². The molecule has 0 spiro atoms. The molecule has 3 heterocycles. The molecule has 16 heavy (non-hydrogen) atoms. The molecule has 0 aromatic carbocycles. The van der Waals surface area contributed by atoms with Gasteiger partial charge in [-0.05, 0) is 6.42 Å². The lowest BCUT2D eigenvalue weighted by Crippen LogP contribution is -2.54. The van der Waals surface area contributed by atoms with Crippen LogP contribution >= 0.6 is 0 Å². The molecule has 6 heteroatoms. The van der Waals surface area contributed by atoms with E-state index in [1.54, 1.807) is 6.08 Å². The molecule has 0 aromatic rings. The highest BCUT2D eigenvalue weighted by atomic mass is 32.2. The van der Waals surface area contributed by atoms with Crippen LogP contribution in [0.4, 0.5) is 0 Å². The predicted molar refractivity (Wildman–Crippen MR) is 56.5 cm³/mol. The third-order valence-corrected chi connectivity index (χ3v) is 5.40. The first-order chi connectivity index (χ1) is 7.58. The summed E-state index contributed by atoms with van der Waals surface area (Å²) in [5, 5.41) is 3.21. The van der Waals surface area contributed by atoms with E-state index in [0.717, 1.165) is 0 Å². The molecule has 0 aliphatic carbocycles. The summed E-state index contributed by atoms with van der Waals surface area (Å²) < 4.78 is 28.6. The van der Waals surface area contributed by atoms with Crippen LogP contribution in [-0.2, 0) is 19.4 Å². The Morgan fingerprint density at radius 1 is 1.44 bits per heavy atom. The molecule has 0 bridgehead atoms. The van der Waals surface area contributed by atoms with Crippen molar-refractivity contribution >= 4 is 15.6 Å². The van der Waals surface area contributed by atoms with E-state index in [2.05, 4.69) is 5.32 Å². The van der Waals surface area contributed by atoms with Gasteiger partial charge in [-0.25, -0.2) is 8.42 Å². The average Bonchev–Trinajstić information content (AvgIpc) is 2.53. The fourth-order valence-corrected chi connectivity index (χ4v) is 4.40. The number of ether oxygens (including phenoxy) is 1. The molecule has 0 amide bonds. The Morgan fingerprint density at radius 3 is 3.06 bits per heavy atom. The van der Waals surface area contributed by atoms with Crippen LogP contribution in [0, 0.1) is 5.92 Å². The first-order valence-corrected chi connectivity index (χ1v) is 7.04. The Bertz CT molecular complexity index is 467. The van der Waals surface area contributed by atoms with Crippen molar-refractivity contribution in [1.29, 1.82) is 0 Å². The van der Waals surface area contributed by atoms with Crippen LogP contribution in [0.1, 0.15) is 6.42 Å². The van der Waals surface area contributed by atoms with Gasteiger partial charge in [0.05, 0.1) is 23.2 Å². The first-order valence-electron chi connectivity index (χ1n) is 5.39. The summed E-state index contributed by atoms with van der Waals surface area (Å²) in [5.74, 6) is -0.171. The molecule has 1 N–H and O–H groups in total. The Morgan fingerprint density at radius 2 is 2.25 bits per heavy atom. The second-order valence-electron chi connectivity index (χ2n) is 4.51. The molecule has 3 aliphatic rings. The number of carbonyl (C=O) groups excluding carboxylic acids is 1. The van der Waals surface area contributed by atoms with Crippen LogP contribution in [0.25, 0.3) is 0 Å². The zero-order chi connectivity index (χ0) is 11.3. The van der Waals surface area contributed by atoms with E-state index in [0.29, 0.717) is 17.9 Å². The van der Waals surface area contributed by atoms with Crippen LogP contribution in [0.5, 0.6) is 0 Å². The maximum atomic E-state index is 11.7. The van der Waals surface area contributed by atoms with Crippen molar-refractivity contribution in [3.8, 4) is 0 Å². The van der Waals surface area contributed by atoms with E-state index in [-0.39, 0.29) is 36.1 Å². The lowest BCUT2D eigenvalue weighted by Gasteiger charge is -2.35. The number of sulfone groups is 1. The first kappa shape index (κ1) is 10.4. The summed E-state index contributed by atoms with van der Waals surface area (Å²) in [6.07, 6.45) is 2.25. The number of rotatable bonds is 0. The third kappa shape index (κ3) is 1.44. The van der Waals surface area contributed by atoms with Crippen LogP contribution in [0.3, 0.4) is 0 Å². The van der Waals surface area contributed by atoms with Crippen molar-refractivity contribution < 1.29 is 17.9 Å². The van der Waals surface area contributed by atoms with Crippen molar-refractivity contribution in [1.82, 2.24) is 5.32 Å². The minimum atomic E-state index is -3.12. The second kappa shape index (κ2) is 3.38. The van der Waals surface area contributed by atoms with Gasteiger partial charge in [0.1, 0.15) is 6.61 Å². The molecule has 2 fully saturated rings. The van der Waals surface area contributed by atoms with Gasteiger partial charge in [-0.3, -0.25) is 4.79 Å². The zero-order valence-electron chi connectivity index (χ0n) is 8.68. The highest BCUT2D eigenvalue weighted by Crippen LogP contribution is 2.32. The lowest BCUT2D eigenvalue weighted by molar-refractivity contribution is -0.132. The molecule has 3 rings (SSSR count). The van der Waals surface area contributed by atoms with Gasteiger partial charge >= 0.3 is 0 Å². The number of hydrogen-bond acceptors (Lipinski definition) is 5. The Labute approximate surface area is 93.8 Å². The molecule has 88 valence electrons. The summed E-state index contributed by atoms with van der Waals surface area (Å²) in [6.45, 7) is 0.577. The topological polar surface area (TPSA) is 72.5 Å². The van der Waals surface area contributed by atoms with Crippen LogP contribution in [-0.4, -0.2) is 45.3 Å². The molecular formula is C10H13NO4S. The molecule has 3 atom stereocenters. The summed E-state index contributed by atoms with van der Waals surface area (Å²) in [5.41, 5.74) is 0. The smallest absolute Gasteiger partial charge is 0.175 e. The molecule has 5 nitrogen and oxygen atoms in total. The van der Waals surface area contributed by atoms with Crippen LogP contribution < -0.4 is 5.32 Å². The fraction of sp³-hybridized carbons (Fsp3) is 0.700. The number of ketones is 1. The Hall–Kier alpha value is -0.720. The molecule has 0 saturated carbocycles. The highest BCUT2D eigenvalue weighted by Gasteiger charge is 2.44. The average molecular weight is 243 g/mol. The number of carbonyl (C=O) groups is 1. The number of nitrogens with one attached hydrogen (secondary N) is 1. The Balaban J connectivity index is 2.01. The minimum absolute atomic E-state index is 0.0307. The van der Waals surface area contributed by atoms with E-state index >= 15 is 0 Å².